The lowest BCUT2D eigenvalue weighted by Gasteiger charge is -2.26. The first-order valence-electron chi connectivity index (χ1n) is 9.40. The Morgan fingerprint density at radius 3 is 2.57 bits per heavy atom. The third-order valence-electron chi connectivity index (χ3n) is 4.69. The highest BCUT2D eigenvalue weighted by molar-refractivity contribution is 6.03. The van der Waals surface area contributed by atoms with Crippen molar-refractivity contribution in [2.45, 2.75) is 57.7 Å². The molecule has 0 aromatic heterocycles. The molecule has 0 saturated carbocycles. The van der Waals surface area contributed by atoms with E-state index in [1.54, 1.807) is 6.92 Å². The summed E-state index contributed by atoms with van der Waals surface area (Å²) in [6, 6.07) is 6.77. The summed E-state index contributed by atoms with van der Waals surface area (Å²) in [5.41, 5.74) is 1.04. The van der Waals surface area contributed by atoms with Gasteiger partial charge in [-0.1, -0.05) is 30.3 Å². The van der Waals surface area contributed by atoms with E-state index in [1.165, 1.54) is 6.92 Å². The Hall–Kier alpha value is -2.74. The molecule has 1 aliphatic heterocycles. The Bertz CT molecular complexity index is 721. The first-order valence-corrected chi connectivity index (χ1v) is 9.40. The van der Waals surface area contributed by atoms with Crippen molar-refractivity contribution in [1.82, 2.24) is 10.2 Å². The normalized spacial score (nSPS) is 18.6. The minimum Gasteiger partial charge on any atom is -0.480 e. The van der Waals surface area contributed by atoms with E-state index in [9.17, 15) is 24.3 Å². The fourth-order valence-electron chi connectivity index (χ4n) is 3.24. The summed E-state index contributed by atoms with van der Waals surface area (Å²) >= 11 is 0. The summed E-state index contributed by atoms with van der Waals surface area (Å²) in [6.45, 7) is 3.42. The van der Waals surface area contributed by atoms with Crippen molar-refractivity contribution >= 4 is 23.8 Å². The predicted molar refractivity (Wildman–Crippen MR) is 100 cm³/mol. The number of hydrogen-bond donors (Lipinski definition) is 2. The summed E-state index contributed by atoms with van der Waals surface area (Å²) in [4.78, 5) is 49.1. The van der Waals surface area contributed by atoms with Crippen LogP contribution in [0, 0.1) is 0 Å². The molecule has 8 nitrogen and oxygen atoms in total. The van der Waals surface area contributed by atoms with Crippen LogP contribution in [0.15, 0.2) is 30.3 Å². The number of hydrogen-bond acceptors (Lipinski definition) is 6. The topological polar surface area (TPSA) is 113 Å². The van der Waals surface area contributed by atoms with Crippen LogP contribution in [0.5, 0.6) is 0 Å². The molecule has 1 fully saturated rings. The van der Waals surface area contributed by atoms with Crippen molar-refractivity contribution in [3.63, 3.8) is 0 Å². The molecule has 1 unspecified atom stereocenters. The van der Waals surface area contributed by atoms with Crippen LogP contribution in [0.4, 0.5) is 0 Å². The average Bonchev–Trinajstić information content (AvgIpc) is 3.07. The maximum Gasteiger partial charge on any atom is 0.326 e. The van der Waals surface area contributed by atoms with Gasteiger partial charge in [-0.25, -0.2) is 4.79 Å². The van der Waals surface area contributed by atoms with Gasteiger partial charge in [0.2, 0.25) is 11.8 Å². The van der Waals surface area contributed by atoms with Gasteiger partial charge in [0, 0.05) is 6.42 Å². The highest BCUT2D eigenvalue weighted by atomic mass is 16.5. The number of imide groups is 1. The van der Waals surface area contributed by atoms with Gasteiger partial charge in [0.1, 0.15) is 12.1 Å². The van der Waals surface area contributed by atoms with Gasteiger partial charge in [-0.15, -0.1) is 0 Å². The molecule has 28 heavy (non-hydrogen) atoms. The van der Waals surface area contributed by atoms with Crippen molar-refractivity contribution in [2.75, 3.05) is 6.61 Å². The molecule has 1 saturated heterocycles. The summed E-state index contributed by atoms with van der Waals surface area (Å²) in [6.07, 6.45) is 1.11. The fraction of sp³-hybridized carbons (Fsp3) is 0.500. The fourth-order valence-corrected chi connectivity index (χ4v) is 3.24. The Morgan fingerprint density at radius 1 is 1.29 bits per heavy atom. The molecule has 1 aromatic carbocycles. The lowest BCUT2D eigenvalue weighted by molar-refractivity contribution is -0.155. The Morgan fingerprint density at radius 2 is 1.96 bits per heavy atom. The van der Waals surface area contributed by atoms with E-state index in [1.807, 2.05) is 30.3 Å². The zero-order valence-corrected chi connectivity index (χ0v) is 16.1. The Balaban J connectivity index is 2.06. The van der Waals surface area contributed by atoms with Gasteiger partial charge >= 0.3 is 11.9 Å². The van der Waals surface area contributed by atoms with Crippen molar-refractivity contribution in [3.8, 4) is 0 Å². The number of carbonyl (C=O) groups excluding carboxylic acids is 3. The van der Waals surface area contributed by atoms with Gasteiger partial charge in [-0.2, -0.15) is 0 Å². The molecule has 0 radical (unpaired) electrons. The summed E-state index contributed by atoms with van der Waals surface area (Å²) in [7, 11) is 0. The maximum atomic E-state index is 12.7. The van der Waals surface area contributed by atoms with Crippen LogP contribution in [0.2, 0.25) is 0 Å². The van der Waals surface area contributed by atoms with Crippen molar-refractivity contribution in [1.29, 1.82) is 0 Å². The van der Waals surface area contributed by atoms with E-state index >= 15 is 0 Å². The zero-order chi connectivity index (χ0) is 20.7. The van der Waals surface area contributed by atoms with Gasteiger partial charge in [0.25, 0.3) is 0 Å². The third-order valence-corrected chi connectivity index (χ3v) is 4.69. The molecule has 2 N–H and O–H groups in total. The molecule has 1 aromatic rings. The zero-order valence-electron chi connectivity index (χ0n) is 16.1. The second kappa shape index (κ2) is 9.98. The summed E-state index contributed by atoms with van der Waals surface area (Å²) < 4.78 is 5.09. The SMILES string of the molecule is CCOC(=O)C(CCc1ccccc1)N[C@@H](C)C(=O)N1C(=O)CC[C@H]1C(=O)O. The smallest absolute Gasteiger partial charge is 0.326 e. The Kier molecular flexibility index (Phi) is 7.69. The number of likely N-dealkylation sites (tertiary alicyclic amines) is 1. The van der Waals surface area contributed by atoms with Crippen LogP contribution < -0.4 is 5.32 Å². The van der Waals surface area contributed by atoms with Crippen LogP contribution >= 0.6 is 0 Å². The quantitative estimate of drug-likeness (QED) is 0.608. The number of benzene rings is 1. The largest absolute Gasteiger partial charge is 0.480 e. The molecular formula is C20H26N2O6. The van der Waals surface area contributed by atoms with Gasteiger partial charge < -0.3 is 9.84 Å². The number of carboxylic acids is 1. The number of carboxylic acid groups (broad SMARTS) is 1. The van der Waals surface area contributed by atoms with Crippen molar-refractivity contribution in [3.05, 3.63) is 35.9 Å². The molecule has 2 amide bonds. The third kappa shape index (κ3) is 5.39. The monoisotopic (exact) mass is 390 g/mol. The van der Waals surface area contributed by atoms with Crippen LogP contribution in [-0.2, 0) is 30.3 Å². The minimum atomic E-state index is -1.21. The summed E-state index contributed by atoms with van der Waals surface area (Å²) in [5, 5.41) is 12.2. The van der Waals surface area contributed by atoms with E-state index in [0.29, 0.717) is 12.8 Å². The van der Waals surface area contributed by atoms with Gasteiger partial charge in [-0.05, 0) is 38.7 Å². The molecule has 1 heterocycles. The number of esters is 1. The average molecular weight is 390 g/mol. The first kappa shape index (κ1) is 21.6. The highest BCUT2D eigenvalue weighted by Crippen LogP contribution is 2.20. The van der Waals surface area contributed by atoms with E-state index in [0.717, 1.165) is 10.5 Å². The second-order valence-electron chi connectivity index (χ2n) is 6.71. The lowest BCUT2D eigenvalue weighted by atomic mass is 10.0. The van der Waals surface area contributed by atoms with E-state index in [2.05, 4.69) is 5.32 Å². The standard InChI is InChI=1S/C20H26N2O6/c1-3-28-20(27)15(10-9-14-7-5-4-6-8-14)21-13(2)18(24)22-16(19(25)26)11-12-17(22)23/h4-8,13,15-16,21H,3,9-12H2,1-2H3,(H,25,26)/t13-,15?,16-/m0/s1. The van der Waals surface area contributed by atoms with Crippen LogP contribution in [0.25, 0.3) is 0 Å². The number of aliphatic carboxylic acids is 1. The molecule has 0 spiro atoms. The van der Waals surface area contributed by atoms with Crippen LogP contribution in [-0.4, -0.2) is 58.5 Å². The molecule has 0 bridgehead atoms. The van der Waals surface area contributed by atoms with E-state index in [4.69, 9.17) is 4.74 Å². The molecular weight excluding hydrogens is 364 g/mol. The molecule has 2 rings (SSSR count). The first-order chi connectivity index (χ1) is 13.3. The van der Waals surface area contributed by atoms with Crippen molar-refractivity contribution in [2.24, 2.45) is 0 Å². The van der Waals surface area contributed by atoms with Crippen LogP contribution in [0.1, 0.15) is 38.7 Å². The predicted octanol–water partition coefficient (Wildman–Crippen LogP) is 1.13. The number of rotatable bonds is 9. The maximum absolute atomic E-state index is 12.7. The second-order valence-corrected chi connectivity index (χ2v) is 6.71. The molecule has 152 valence electrons. The minimum absolute atomic E-state index is 0.0186. The van der Waals surface area contributed by atoms with Gasteiger partial charge in [0.15, 0.2) is 0 Å². The lowest BCUT2D eigenvalue weighted by Crippen LogP contribution is -2.54. The number of aryl methyl sites for hydroxylation is 1. The molecule has 8 heteroatoms. The highest BCUT2D eigenvalue weighted by Gasteiger charge is 2.42. The van der Waals surface area contributed by atoms with E-state index < -0.39 is 41.9 Å². The van der Waals surface area contributed by atoms with E-state index in [-0.39, 0.29) is 19.4 Å². The molecule has 3 atom stereocenters. The van der Waals surface area contributed by atoms with Gasteiger partial charge in [0.05, 0.1) is 12.6 Å². The number of nitrogens with zero attached hydrogens (tertiary/aromatic N) is 1. The number of nitrogens with one attached hydrogen (secondary N) is 1. The number of ether oxygens (including phenoxy) is 1. The molecule has 1 aliphatic rings. The summed E-state index contributed by atoms with van der Waals surface area (Å²) in [5.74, 6) is -2.86. The molecule has 0 aliphatic carbocycles. The number of amides is 2. The van der Waals surface area contributed by atoms with Crippen molar-refractivity contribution < 1.29 is 29.0 Å². The van der Waals surface area contributed by atoms with Crippen LogP contribution in [0.3, 0.4) is 0 Å². The van der Waals surface area contributed by atoms with Gasteiger partial charge in [-0.3, -0.25) is 24.6 Å². The Labute approximate surface area is 163 Å². The number of carbonyl (C=O) groups is 4.